The molecule has 1 atom stereocenters. The van der Waals surface area contributed by atoms with Gasteiger partial charge in [-0.1, -0.05) is 332 Å². The summed E-state index contributed by atoms with van der Waals surface area (Å²) in [6.45, 7) is 6.57. The van der Waals surface area contributed by atoms with Crippen molar-refractivity contribution < 1.29 is 28.6 Å². The van der Waals surface area contributed by atoms with E-state index in [9.17, 15) is 14.4 Å². The standard InChI is InChI=1S/C71H128O6/c1-4-7-10-13-16-19-22-25-27-29-31-33-35-37-38-40-42-44-46-49-52-55-58-61-64-70(73)76-67-68(66-75-69(72)63-60-57-54-51-48-24-21-18-15-12-9-6-3)77-71(74)65-62-59-56-53-50-47-45-43-41-39-36-34-32-30-28-26-23-20-17-14-11-8-5-2/h8,11,17,20,26,28,32,34,39,41,68H,4-7,9-10,12-16,18-19,21-25,27,29-31,33,35-38,40,42-67H2,1-3H3/b11-8-,20-17-,28-26-,34-32-,41-39-. The molecular weight excluding hydrogens is 949 g/mol. The van der Waals surface area contributed by atoms with E-state index in [1.165, 1.54) is 218 Å². The van der Waals surface area contributed by atoms with Crippen LogP contribution >= 0.6 is 0 Å². The molecule has 0 saturated carbocycles. The number of hydrogen-bond donors (Lipinski definition) is 0. The van der Waals surface area contributed by atoms with E-state index < -0.39 is 6.10 Å². The van der Waals surface area contributed by atoms with Crippen molar-refractivity contribution in [1.29, 1.82) is 0 Å². The molecule has 0 aromatic carbocycles. The van der Waals surface area contributed by atoms with Gasteiger partial charge in [-0.05, 0) is 64.2 Å². The van der Waals surface area contributed by atoms with Crippen molar-refractivity contribution in [3.8, 4) is 0 Å². The fourth-order valence-electron chi connectivity index (χ4n) is 10.0. The fraction of sp³-hybridized carbons (Fsp3) is 0.817. The molecule has 1 unspecified atom stereocenters. The SMILES string of the molecule is CC/C=C\C/C=C\C/C=C\C/C=C\C/C=C\CCCCCCCCCC(=O)OC(COC(=O)CCCCCCCCCCCCCC)COC(=O)CCCCCCCCCCCCCCCCCCCCCCCCCC. The third-order valence-electron chi connectivity index (χ3n) is 15.0. The van der Waals surface area contributed by atoms with E-state index in [-0.39, 0.29) is 31.1 Å². The number of carbonyl (C=O) groups is 3. The van der Waals surface area contributed by atoms with Crippen molar-refractivity contribution in [2.45, 2.75) is 361 Å². The number of ether oxygens (including phenoxy) is 3. The molecule has 0 radical (unpaired) electrons. The summed E-state index contributed by atoms with van der Waals surface area (Å²) >= 11 is 0. The summed E-state index contributed by atoms with van der Waals surface area (Å²) in [6, 6.07) is 0. The lowest BCUT2D eigenvalue weighted by molar-refractivity contribution is -0.167. The Bertz CT molecular complexity index is 1380. The predicted octanol–water partition coefficient (Wildman–Crippen LogP) is 23.1. The summed E-state index contributed by atoms with van der Waals surface area (Å²) in [6.07, 6.45) is 83.8. The second kappa shape index (κ2) is 65.6. The van der Waals surface area contributed by atoms with Crippen LogP contribution in [0.25, 0.3) is 0 Å². The molecule has 0 aromatic rings. The van der Waals surface area contributed by atoms with Gasteiger partial charge in [0, 0.05) is 19.3 Å². The highest BCUT2D eigenvalue weighted by atomic mass is 16.6. The van der Waals surface area contributed by atoms with Crippen molar-refractivity contribution >= 4 is 17.9 Å². The van der Waals surface area contributed by atoms with E-state index >= 15 is 0 Å². The summed E-state index contributed by atoms with van der Waals surface area (Å²) in [5.74, 6) is -0.863. The molecule has 0 fully saturated rings. The average molecular weight is 1080 g/mol. The molecule has 0 aliphatic rings. The first-order chi connectivity index (χ1) is 38.0. The number of rotatable bonds is 62. The van der Waals surface area contributed by atoms with E-state index in [1.54, 1.807) is 0 Å². The Hall–Kier alpha value is -2.89. The Morgan fingerprint density at radius 2 is 0.506 bits per heavy atom. The van der Waals surface area contributed by atoms with Crippen LogP contribution in [-0.2, 0) is 28.6 Å². The summed E-state index contributed by atoms with van der Waals surface area (Å²) in [5.41, 5.74) is 0. The van der Waals surface area contributed by atoms with Crippen LogP contribution in [-0.4, -0.2) is 37.2 Å². The quantitative estimate of drug-likeness (QED) is 0.0261. The topological polar surface area (TPSA) is 78.9 Å². The van der Waals surface area contributed by atoms with Gasteiger partial charge in [0.05, 0.1) is 0 Å². The lowest BCUT2D eigenvalue weighted by Crippen LogP contribution is -2.30. The highest BCUT2D eigenvalue weighted by Gasteiger charge is 2.19. The number of allylic oxidation sites excluding steroid dienone is 10. The van der Waals surface area contributed by atoms with Crippen molar-refractivity contribution in [1.82, 2.24) is 0 Å². The van der Waals surface area contributed by atoms with Gasteiger partial charge in [0.25, 0.3) is 0 Å². The number of esters is 3. The molecular formula is C71H128O6. The second-order valence-electron chi connectivity index (χ2n) is 22.7. The van der Waals surface area contributed by atoms with Crippen LogP contribution in [0.1, 0.15) is 355 Å². The molecule has 0 rings (SSSR count). The van der Waals surface area contributed by atoms with Gasteiger partial charge in [-0.2, -0.15) is 0 Å². The third-order valence-corrected chi connectivity index (χ3v) is 15.0. The zero-order chi connectivity index (χ0) is 55.7. The van der Waals surface area contributed by atoms with Gasteiger partial charge >= 0.3 is 17.9 Å². The molecule has 0 aliphatic heterocycles. The lowest BCUT2D eigenvalue weighted by atomic mass is 10.0. The van der Waals surface area contributed by atoms with Crippen LogP contribution < -0.4 is 0 Å². The Morgan fingerprint density at radius 1 is 0.273 bits per heavy atom. The van der Waals surface area contributed by atoms with Gasteiger partial charge < -0.3 is 14.2 Å². The molecule has 0 N–H and O–H groups in total. The molecule has 0 bridgehead atoms. The second-order valence-corrected chi connectivity index (χ2v) is 22.7. The minimum atomic E-state index is -0.778. The summed E-state index contributed by atoms with van der Waals surface area (Å²) in [4.78, 5) is 38.3. The van der Waals surface area contributed by atoms with Gasteiger partial charge in [-0.3, -0.25) is 14.4 Å². The zero-order valence-electron chi connectivity index (χ0n) is 51.5. The Kier molecular flexibility index (Phi) is 63.2. The van der Waals surface area contributed by atoms with Crippen LogP contribution in [0.3, 0.4) is 0 Å². The molecule has 0 aromatic heterocycles. The zero-order valence-corrected chi connectivity index (χ0v) is 51.5. The molecule has 0 heterocycles. The minimum Gasteiger partial charge on any atom is -0.462 e. The van der Waals surface area contributed by atoms with E-state index in [4.69, 9.17) is 14.2 Å². The smallest absolute Gasteiger partial charge is 0.306 e. The van der Waals surface area contributed by atoms with Gasteiger partial charge in [-0.15, -0.1) is 0 Å². The number of carbonyl (C=O) groups excluding carboxylic acids is 3. The Balaban J connectivity index is 4.27. The number of hydrogen-bond acceptors (Lipinski definition) is 6. The summed E-state index contributed by atoms with van der Waals surface area (Å²) in [7, 11) is 0. The average Bonchev–Trinajstić information content (AvgIpc) is 3.43. The van der Waals surface area contributed by atoms with Crippen LogP contribution in [0, 0.1) is 0 Å². The Labute approximate surface area is 479 Å². The van der Waals surface area contributed by atoms with Gasteiger partial charge in [0.2, 0.25) is 0 Å². The largest absolute Gasteiger partial charge is 0.462 e. The maximum absolute atomic E-state index is 12.9. The minimum absolute atomic E-state index is 0.0739. The highest BCUT2D eigenvalue weighted by molar-refractivity contribution is 5.71. The van der Waals surface area contributed by atoms with Crippen molar-refractivity contribution in [2.75, 3.05) is 13.2 Å². The first-order valence-corrected chi connectivity index (χ1v) is 33.8. The molecule has 6 nitrogen and oxygen atoms in total. The maximum atomic E-state index is 12.9. The lowest BCUT2D eigenvalue weighted by Gasteiger charge is -2.18. The monoisotopic (exact) mass is 1080 g/mol. The maximum Gasteiger partial charge on any atom is 0.306 e. The van der Waals surface area contributed by atoms with Crippen molar-refractivity contribution in [3.05, 3.63) is 60.8 Å². The molecule has 0 saturated heterocycles. The first-order valence-electron chi connectivity index (χ1n) is 33.8. The highest BCUT2D eigenvalue weighted by Crippen LogP contribution is 2.18. The van der Waals surface area contributed by atoms with Crippen LogP contribution in [0.5, 0.6) is 0 Å². The third kappa shape index (κ3) is 63.8. The fourth-order valence-corrected chi connectivity index (χ4v) is 10.0. The molecule has 6 heteroatoms. The van der Waals surface area contributed by atoms with Gasteiger partial charge in [0.15, 0.2) is 6.10 Å². The molecule has 0 spiro atoms. The van der Waals surface area contributed by atoms with Crippen molar-refractivity contribution in [2.24, 2.45) is 0 Å². The normalized spacial score (nSPS) is 12.4. The first kappa shape index (κ1) is 74.1. The molecule has 77 heavy (non-hydrogen) atoms. The summed E-state index contributed by atoms with van der Waals surface area (Å²) in [5, 5.41) is 0. The molecule has 0 amide bonds. The van der Waals surface area contributed by atoms with Crippen LogP contribution in [0.2, 0.25) is 0 Å². The van der Waals surface area contributed by atoms with Gasteiger partial charge in [0.1, 0.15) is 13.2 Å². The molecule has 0 aliphatic carbocycles. The summed E-state index contributed by atoms with van der Waals surface area (Å²) < 4.78 is 17.0. The van der Waals surface area contributed by atoms with Gasteiger partial charge in [-0.25, -0.2) is 0 Å². The van der Waals surface area contributed by atoms with Crippen LogP contribution in [0.4, 0.5) is 0 Å². The predicted molar refractivity (Wildman–Crippen MR) is 335 cm³/mol. The van der Waals surface area contributed by atoms with Crippen LogP contribution in [0.15, 0.2) is 60.8 Å². The van der Waals surface area contributed by atoms with E-state index in [0.29, 0.717) is 19.3 Å². The van der Waals surface area contributed by atoms with E-state index in [0.717, 1.165) is 96.3 Å². The molecule has 448 valence electrons. The van der Waals surface area contributed by atoms with E-state index in [2.05, 4.69) is 81.5 Å². The van der Waals surface area contributed by atoms with Crippen molar-refractivity contribution in [3.63, 3.8) is 0 Å². The Morgan fingerprint density at radius 3 is 0.792 bits per heavy atom. The number of unbranched alkanes of at least 4 members (excludes halogenated alkanes) is 41. The van der Waals surface area contributed by atoms with E-state index in [1.807, 2.05) is 0 Å².